The van der Waals surface area contributed by atoms with Crippen LogP contribution in [0.5, 0.6) is 0 Å². The molecule has 0 bridgehead atoms. The van der Waals surface area contributed by atoms with E-state index in [0.717, 1.165) is 0 Å². The fraction of sp³-hybridized carbons (Fsp3) is 0.714. The van der Waals surface area contributed by atoms with Gasteiger partial charge < -0.3 is 9.84 Å². The van der Waals surface area contributed by atoms with Crippen molar-refractivity contribution in [3.8, 4) is 0 Å². The van der Waals surface area contributed by atoms with E-state index in [9.17, 15) is 9.59 Å². The van der Waals surface area contributed by atoms with Gasteiger partial charge in [-0.3, -0.25) is 9.59 Å². The summed E-state index contributed by atoms with van der Waals surface area (Å²) in [5.41, 5.74) is 0. The molecule has 0 aliphatic carbocycles. The van der Waals surface area contributed by atoms with Crippen LogP contribution in [0.15, 0.2) is 0 Å². The fourth-order valence-corrected chi connectivity index (χ4v) is 0.468. The molecule has 0 fully saturated rings. The van der Waals surface area contributed by atoms with Crippen molar-refractivity contribution in [3.63, 3.8) is 0 Å². The quantitative estimate of drug-likeness (QED) is 0.460. The zero-order chi connectivity index (χ0) is 8.85. The number of hydrogen-bond acceptors (Lipinski definition) is 4. The summed E-state index contributed by atoms with van der Waals surface area (Å²) in [6.07, 6.45) is -0.891. The second-order valence-corrected chi connectivity index (χ2v) is 2.41. The van der Waals surface area contributed by atoms with Crippen LogP contribution in [0.4, 0.5) is 0 Å². The molecule has 1 atom stereocenters. The highest BCUT2D eigenvalue weighted by Gasteiger charge is 2.06. The van der Waals surface area contributed by atoms with Crippen molar-refractivity contribution >= 4 is 11.8 Å². The largest absolute Gasteiger partial charge is 0.463 e. The molecule has 11 heavy (non-hydrogen) atoms. The molecule has 1 N–H and O–H groups in total. The van der Waals surface area contributed by atoms with Crippen molar-refractivity contribution in [2.75, 3.05) is 6.61 Å². The molecule has 0 radical (unpaired) electrons. The van der Waals surface area contributed by atoms with E-state index in [0.29, 0.717) is 0 Å². The number of aliphatic hydroxyl groups is 1. The zero-order valence-electron chi connectivity index (χ0n) is 6.66. The summed E-state index contributed by atoms with van der Waals surface area (Å²) < 4.78 is 4.50. The predicted octanol–water partition coefficient (Wildman–Crippen LogP) is -0.110. The van der Waals surface area contributed by atoms with Crippen LogP contribution in [0.25, 0.3) is 0 Å². The van der Waals surface area contributed by atoms with Crippen LogP contribution < -0.4 is 0 Å². The van der Waals surface area contributed by atoms with Crippen LogP contribution in [0, 0.1) is 0 Å². The number of aliphatic hydroxyl groups excluding tert-OH is 1. The van der Waals surface area contributed by atoms with Gasteiger partial charge >= 0.3 is 5.97 Å². The molecule has 0 heterocycles. The second-order valence-electron chi connectivity index (χ2n) is 2.41. The average Bonchev–Trinajstić information content (AvgIpc) is 1.82. The molecule has 0 aromatic heterocycles. The van der Waals surface area contributed by atoms with Crippen molar-refractivity contribution in [2.24, 2.45) is 0 Å². The molecule has 4 heteroatoms. The molecule has 0 aliphatic heterocycles. The molecule has 0 aromatic rings. The first-order valence-electron chi connectivity index (χ1n) is 3.35. The SMILES string of the molecule is CC(=O)CC(=O)OCC(C)O. The average molecular weight is 160 g/mol. The Morgan fingerprint density at radius 2 is 2.09 bits per heavy atom. The van der Waals surface area contributed by atoms with Gasteiger partial charge in [0.2, 0.25) is 0 Å². The first-order valence-corrected chi connectivity index (χ1v) is 3.35. The van der Waals surface area contributed by atoms with E-state index in [4.69, 9.17) is 5.11 Å². The summed E-state index contributed by atoms with van der Waals surface area (Å²) in [5.74, 6) is -0.820. The highest BCUT2D eigenvalue weighted by Crippen LogP contribution is 1.89. The number of esters is 1. The Morgan fingerprint density at radius 3 is 2.45 bits per heavy atom. The van der Waals surface area contributed by atoms with Crippen LogP contribution in [-0.2, 0) is 14.3 Å². The number of hydrogen-bond donors (Lipinski definition) is 1. The molecule has 0 saturated heterocycles. The zero-order valence-corrected chi connectivity index (χ0v) is 6.66. The van der Waals surface area contributed by atoms with Gasteiger partial charge in [0.1, 0.15) is 18.8 Å². The van der Waals surface area contributed by atoms with E-state index in [1.165, 1.54) is 13.8 Å². The van der Waals surface area contributed by atoms with E-state index in [-0.39, 0.29) is 18.8 Å². The summed E-state index contributed by atoms with van der Waals surface area (Å²) in [7, 11) is 0. The topological polar surface area (TPSA) is 63.6 Å². The maximum absolute atomic E-state index is 10.6. The third-order valence-electron chi connectivity index (χ3n) is 0.879. The maximum atomic E-state index is 10.6. The lowest BCUT2D eigenvalue weighted by Gasteiger charge is -2.04. The third-order valence-corrected chi connectivity index (χ3v) is 0.879. The lowest BCUT2D eigenvalue weighted by Crippen LogP contribution is -2.16. The summed E-state index contributed by atoms with van der Waals surface area (Å²) in [6.45, 7) is 2.76. The van der Waals surface area contributed by atoms with Crippen LogP contribution in [-0.4, -0.2) is 29.6 Å². The molecule has 0 spiro atoms. The van der Waals surface area contributed by atoms with Crippen LogP contribution in [0.3, 0.4) is 0 Å². The standard InChI is InChI=1S/C7H12O4/c1-5(8)3-7(10)11-4-6(2)9/h6,9H,3-4H2,1-2H3. The summed E-state index contributed by atoms with van der Waals surface area (Å²) in [4.78, 5) is 20.9. The van der Waals surface area contributed by atoms with E-state index >= 15 is 0 Å². The minimum atomic E-state index is -0.675. The highest BCUT2D eigenvalue weighted by molar-refractivity contribution is 5.94. The Balaban J connectivity index is 3.46. The number of carbonyl (C=O) groups is 2. The van der Waals surface area contributed by atoms with Crippen LogP contribution in [0.1, 0.15) is 20.3 Å². The first-order chi connectivity index (χ1) is 5.02. The minimum Gasteiger partial charge on any atom is -0.463 e. The molecule has 0 amide bonds. The van der Waals surface area contributed by atoms with Gasteiger partial charge in [-0.25, -0.2) is 0 Å². The van der Waals surface area contributed by atoms with E-state index in [1.807, 2.05) is 0 Å². The number of carbonyl (C=O) groups excluding carboxylic acids is 2. The van der Waals surface area contributed by atoms with Crippen molar-refractivity contribution in [1.82, 2.24) is 0 Å². The minimum absolute atomic E-state index is 0.0495. The van der Waals surface area contributed by atoms with Gasteiger partial charge in [0.15, 0.2) is 0 Å². The molecular formula is C7H12O4. The smallest absolute Gasteiger partial charge is 0.313 e. The highest BCUT2D eigenvalue weighted by atomic mass is 16.5. The van der Waals surface area contributed by atoms with Crippen molar-refractivity contribution in [2.45, 2.75) is 26.4 Å². The molecule has 0 saturated carbocycles. The second kappa shape index (κ2) is 4.85. The van der Waals surface area contributed by atoms with Crippen molar-refractivity contribution < 1.29 is 19.4 Å². The van der Waals surface area contributed by atoms with Crippen molar-refractivity contribution in [1.29, 1.82) is 0 Å². The predicted molar refractivity (Wildman–Crippen MR) is 37.9 cm³/mol. The van der Waals surface area contributed by atoms with Gasteiger partial charge in [0, 0.05) is 0 Å². The van der Waals surface area contributed by atoms with Gasteiger partial charge in [-0.2, -0.15) is 0 Å². The molecule has 1 unspecified atom stereocenters. The van der Waals surface area contributed by atoms with Crippen molar-refractivity contribution in [3.05, 3.63) is 0 Å². The molecule has 64 valence electrons. The Hall–Kier alpha value is -0.900. The number of rotatable bonds is 4. The third kappa shape index (κ3) is 6.99. The molecule has 4 nitrogen and oxygen atoms in total. The summed E-state index contributed by atoms with van der Waals surface area (Å²) in [6, 6.07) is 0. The van der Waals surface area contributed by atoms with E-state index in [1.54, 1.807) is 0 Å². The Labute approximate surface area is 65.2 Å². The molecule has 0 aromatic carbocycles. The van der Waals surface area contributed by atoms with Gasteiger partial charge in [0.05, 0.1) is 6.10 Å². The lowest BCUT2D eigenvalue weighted by atomic mass is 10.3. The summed E-state index contributed by atoms with van der Waals surface area (Å²) in [5, 5.41) is 8.67. The number of Topliss-reactive ketones (excluding diaryl/α,β-unsaturated/α-hetero) is 1. The Morgan fingerprint density at radius 1 is 1.55 bits per heavy atom. The number of ketones is 1. The number of ether oxygens (including phenoxy) is 1. The van der Waals surface area contributed by atoms with Gasteiger partial charge in [-0.05, 0) is 13.8 Å². The van der Waals surface area contributed by atoms with E-state index in [2.05, 4.69) is 4.74 Å². The Kier molecular flexibility index (Phi) is 4.45. The first kappa shape index (κ1) is 10.1. The Bertz CT molecular complexity index is 151. The van der Waals surface area contributed by atoms with Gasteiger partial charge in [-0.1, -0.05) is 0 Å². The molecule has 0 aliphatic rings. The monoisotopic (exact) mass is 160 g/mol. The van der Waals surface area contributed by atoms with E-state index < -0.39 is 12.1 Å². The van der Waals surface area contributed by atoms with Gasteiger partial charge in [0.25, 0.3) is 0 Å². The normalized spacial score (nSPS) is 12.3. The summed E-state index contributed by atoms with van der Waals surface area (Å²) >= 11 is 0. The van der Waals surface area contributed by atoms with Crippen LogP contribution in [0.2, 0.25) is 0 Å². The lowest BCUT2D eigenvalue weighted by molar-refractivity contribution is -0.148. The molecule has 0 rings (SSSR count). The fourth-order valence-electron chi connectivity index (χ4n) is 0.468. The van der Waals surface area contributed by atoms with Gasteiger partial charge in [-0.15, -0.1) is 0 Å². The maximum Gasteiger partial charge on any atom is 0.313 e. The van der Waals surface area contributed by atoms with Crippen LogP contribution >= 0.6 is 0 Å². The molecular weight excluding hydrogens is 148 g/mol.